The highest BCUT2D eigenvalue weighted by atomic mass is 16.7. The monoisotopic (exact) mass is 328 g/mol. The SMILES string of the molecule is COCOC1C=CC[C@H](C)[C@]1(C)CCC(C(=O)OC)C(=O)OC. The number of rotatable bonds is 8. The van der Waals surface area contributed by atoms with Crippen molar-refractivity contribution in [2.45, 2.75) is 39.2 Å². The molecule has 1 rings (SSSR count). The van der Waals surface area contributed by atoms with Crippen molar-refractivity contribution in [1.29, 1.82) is 0 Å². The third-order valence-corrected chi connectivity index (χ3v) is 4.88. The van der Waals surface area contributed by atoms with Gasteiger partial charge in [0.2, 0.25) is 0 Å². The Morgan fingerprint density at radius 2 is 1.83 bits per heavy atom. The van der Waals surface area contributed by atoms with E-state index in [0.717, 1.165) is 6.42 Å². The van der Waals surface area contributed by atoms with Gasteiger partial charge < -0.3 is 18.9 Å². The molecule has 0 radical (unpaired) electrons. The zero-order chi connectivity index (χ0) is 17.5. The number of esters is 2. The molecule has 23 heavy (non-hydrogen) atoms. The van der Waals surface area contributed by atoms with Crippen LogP contribution in [0.15, 0.2) is 12.2 Å². The number of allylic oxidation sites excluding steroid dienone is 1. The third-order valence-electron chi connectivity index (χ3n) is 4.88. The topological polar surface area (TPSA) is 71.1 Å². The van der Waals surface area contributed by atoms with E-state index in [2.05, 4.69) is 19.9 Å². The van der Waals surface area contributed by atoms with Crippen molar-refractivity contribution in [3.05, 3.63) is 12.2 Å². The lowest BCUT2D eigenvalue weighted by molar-refractivity contribution is -0.160. The van der Waals surface area contributed by atoms with Crippen molar-refractivity contribution >= 4 is 11.9 Å². The zero-order valence-corrected chi connectivity index (χ0v) is 14.7. The fraction of sp³-hybridized carbons (Fsp3) is 0.765. The molecule has 0 aromatic carbocycles. The quantitative estimate of drug-likeness (QED) is 0.295. The van der Waals surface area contributed by atoms with Crippen molar-refractivity contribution in [2.75, 3.05) is 28.1 Å². The molecule has 0 amide bonds. The zero-order valence-electron chi connectivity index (χ0n) is 14.7. The predicted molar refractivity (Wildman–Crippen MR) is 84.5 cm³/mol. The van der Waals surface area contributed by atoms with Crippen LogP contribution >= 0.6 is 0 Å². The molecule has 0 N–H and O–H groups in total. The van der Waals surface area contributed by atoms with Crippen LogP contribution < -0.4 is 0 Å². The first kappa shape index (κ1) is 19.6. The number of hydrogen-bond donors (Lipinski definition) is 0. The van der Waals surface area contributed by atoms with E-state index in [4.69, 9.17) is 18.9 Å². The first-order chi connectivity index (χ1) is 10.9. The summed E-state index contributed by atoms with van der Waals surface area (Å²) in [4.78, 5) is 23.7. The highest BCUT2D eigenvalue weighted by Crippen LogP contribution is 2.44. The molecule has 0 fully saturated rings. The molecule has 0 aromatic rings. The van der Waals surface area contributed by atoms with E-state index < -0.39 is 17.9 Å². The van der Waals surface area contributed by atoms with Gasteiger partial charge in [-0.3, -0.25) is 9.59 Å². The van der Waals surface area contributed by atoms with Crippen molar-refractivity contribution in [1.82, 2.24) is 0 Å². The van der Waals surface area contributed by atoms with E-state index in [9.17, 15) is 9.59 Å². The molecule has 1 aliphatic rings. The second kappa shape index (κ2) is 9.03. The van der Waals surface area contributed by atoms with Gasteiger partial charge in [-0.15, -0.1) is 0 Å². The first-order valence-corrected chi connectivity index (χ1v) is 7.83. The van der Waals surface area contributed by atoms with Gasteiger partial charge in [0.05, 0.1) is 20.3 Å². The van der Waals surface area contributed by atoms with Crippen LogP contribution in [0.1, 0.15) is 33.1 Å². The van der Waals surface area contributed by atoms with Gasteiger partial charge in [0, 0.05) is 12.5 Å². The van der Waals surface area contributed by atoms with E-state index in [1.54, 1.807) is 7.11 Å². The molecule has 6 nitrogen and oxygen atoms in total. The summed E-state index contributed by atoms with van der Waals surface area (Å²) in [7, 11) is 4.13. The summed E-state index contributed by atoms with van der Waals surface area (Å²) in [6, 6.07) is 0. The van der Waals surface area contributed by atoms with Crippen LogP contribution in [-0.4, -0.2) is 46.2 Å². The maximum atomic E-state index is 11.8. The van der Waals surface area contributed by atoms with Gasteiger partial charge in [0.1, 0.15) is 6.79 Å². The molecule has 1 aliphatic carbocycles. The molecule has 0 aromatic heterocycles. The Balaban J connectivity index is 2.85. The Labute approximate surface area is 138 Å². The third kappa shape index (κ3) is 4.78. The van der Waals surface area contributed by atoms with E-state index >= 15 is 0 Å². The van der Waals surface area contributed by atoms with E-state index in [-0.39, 0.29) is 18.3 Å². The fourth-order valence-corrected chi connectivity index (χ4v) is 3.02. The first-order valence-electron chi connectivity index (χ1n) is 7.83. The normalized spacial score (nSPS) is 27.0. The van der Waals surface area contributed by atoms with Crippen LogP contribution in [-0.2, 0) is 28.5 Å². The molecule has 3 atom stereocenters. The molecule has 6 heteroatoms. The Morgan fingerprint density at radius 1 is 1.22 bits per heavy atom. The lowest BCUT2D eigenvalue weighted by Crippen LogP contribution is -2.42. The van der Waals surface area contributed by atoms with Crippen molar-refractivity contribution in [3.8, 4) is 0 Å². The number of hydrogen-bond acceptors (Lipinski definition) is 6. The van der Waals surface area contributed by atoms with E-state index in [0.29, 0.717) is 18.8 Å². The summed E-state index contributed by atoms with van der Waals surface area (Å²) in [5, 5.41) is 0. The Morgan fingerprint density at radius 3 is 2.35 bits per heavy atom. The standard InChI is InChI=1S/C17H28O6/c1-12-7-6-8-14(23-11-20-3)17(12,2)10-9-13(15(18)21-4)16(19)22-5/h6,8,12-14H,7,9-11H2,1-5H3/t12-,14?,17-/m0/s1. The summed E-state index contributed by atoms with van der Waals surface area (Å²) in [5.41, 5.74) is -0.201. The number of methoxy groups -OCH3 is 3. The van der Waals surface area contributed by atoms with Crippen molar-refractivity contribution < 1.29 is 28.5 Å². The summed E-state index contributed by atoms with van der Waals surface area (Å²) in [5.74, 6) is -1.67. The lowest BCUT2D eigenvalue weighted by Gasteiger charge is -2.43. The lowest BCUT2D eigenvalue weighted by atomic mass is 9.66. The van der Waals surface area contributed by atoms with Gasteiger partial charge in [0.15, 0.2) is 5.92 Å². The molecule has 0 heterocycles. The second-order valence-electron chi connectivity index (χ2n) is 6.20. The van der Waals surface area contributed by atoms with Crippen LogP contribution in [0.4, 0.5) is 0 Å². The Hall–Kier alpha value is -1.40. The van der Waals surface area contributed by atoms with Crippen LogP contribution in [0.2, 0.25) is 0 Å². The summed E-state index contributed by atoms with van der Waals surface area (Å²) in [6.07, 6.45) is 5.95. The molecule has 0 spiro atoms. The Kier molecular flexibility index (Phi) is 7.72. The minimum Gasteiger partial charge on any atom is -0.468 e. The van der Waals surface area contributed by atoms with Gasteiger partial charge in [-0.2, -0.15) is 0 Å². The molecular formula is C17H28O6. The minimum absolute atomic E-state index is 0.123. The summed E-state index contributed by atoms with van der Waals surface area (Å²) >= 11 is 0. The average Bonchev–Trinajstić information content (AvgIpc) is 2.55. The maximum Gasteiger partial charge on any atom is 0.320 e. The van der Waals surface area contributed by atoms with Gasteiger partial charge in [-0.05, 0) is 25.2 Å². The predicted octanol–water partition coefficient (Wildman–Crippen LogP) is 2.32. The molecule has 1 unspecified atom stereocenters. The molecule has 0 aliphatic heterocycles. The van der Waals surface area contributed by atoms with Crippen molar-refractivity contribution in [2.24, 2.45) is 17.3 Å². The maximum absolute atomic E-state index is 11.8. The van der Waals surface area contributed by atoms with Gasteiger partial charge in [-0.1, -0.05) is 26.0 Å². The van der Waals surface area contributed by atoms with E-state index in [1.165, 1.54) is 14.2 Å². The second-order valence-corrected chi connectivity index (χ2v) is 6.20. The van der Waals surface area contributed by atoms with Gasteiger partial charge in [0.25, 0.3) is 0 Å². The highest BCUT2D eigenvalue weighted by Gasteiger charge is 2.42. The molecule has 132 valence electrons. The minimum atomic E-state index is -0.900. The number of carbonyl (C=O) groups is 2. The highest BCUT2D eigenvalue weighted by molar-refractivity contribution is 5.94. The van der Waals surface area contributed by atoms with Gasteiger partial charge >= 0.3 is 11.9 Å². The van der Waals surface area contributed by atoms with Crippen LogP contribution in [0.5, 0.6) is 0 Å². The fourth-order valence-electron chi connectivity index (χ4n) is 3.02. The largest absolute Gasteiger partial charge is 0.468 e. The van der Waals surface area contributed by atoms with E-state index in [1.807, 2.05) is 6.08 Å². The molecule has 0 saturated heterocycles. The molecule has 0 saturated carbocycles. The summed E-state index contributed by atoms with van der Waals surface area (Å²) < 4.78 is 20.2. The van der Waals surface area contributed by atoms with Crippen LogP contribution in [0, 0.1) is 17.3 Å². The van der Waals surface area contributed by atoms with Crippen molar-refractivity contribution in [3.63, 3.8) is 0 Å². The molecule has 0 bridgehead atoms. The molecular weight excluding hydrogens is 300 g/mol. The van der Waals surface area contributed by atoms with Crippen LogP contribution in [0.3, 0.4) is 0 Å². The average molecular weight is 328 g/mol. The van der Waals surface area contributed by atoms with Crippen LogP contribution in [0.25, 0.3) is 0 Å². The number of ether oxygens (including phenoxy) is 4. The smallest absolute Gasteiger partial charge is 0.320 e. The number of carbonyl (C=O) groups excluding carboxylic acids is 2. The Bertz CT molecular complexity index is 417. The van der Waals surface area contributed by atoms with Gasteiger partial charge in [-0.25, -0.2) is 0 Å². The summed E-state index contributed by atoms with van der Waals surface area (Å²) in [6.45, 7) is 4.47.